The maximum Gasteiger partial charge on any atom is 0.251 e. The second kappa shape index (κ2) is 6.44. The Bertz CT molecular complexity index is 802. The molecule has 0 aromatic heterocycles. The van der Waals surface area contributed by atoms with Gasteiger partial charge in [0.15, 0.2) is 0 Å². The zero-order valence-electron chi connectivity index (χ0n) is 12.7. The zero-order chi connectivity index (χ0) is 15.4. The van der Waals surface area contributed by atoms with Gasteiger partial charge in [0.2, 0.25) is 0 Å². The molecule has 0 saturated heterocycles. The Morgan fingerprint density at radius 1 is 0.955 bits per heavy atom. The number of amides is 1. The van der Waals surface area contributed by atoms with Gasteiger partial charge in [0.05, 0.1) is 0 Å². The second-order valence-corrected chi connectivity index (χ2v) is 5.36. The van der Waals surface area contributed by atoms with Crippen molar-refractivity contribution in [3.63, 3.8) is 0 Å². The Morgan fingerprint density at radius 2 is 1.73 bits per heavy atom. The van der Waals surface area contributed by atoms with Gasteiger partial charge in [0.1, 0.15) is 0 Å². The summed E-state index contributed by atoms with van der Waals surface area (Å²) >= 11 is 0. The summed E-state index contributed by atoms with van der Waals surface area (Å²) in [7, 11) is 0. The molecule has 0 saturated carbocycles. The first kappa shape index (κ1) is 14.3. The second-order valence-electron chi connectivity index (χ2n) is 5.36. The molecule has 22 heavy (non-hydrogen) atoms. The van der Waals surface area contributed by atoms with Crippen LogP contribution in [0.4, 0.5) is 0 Å². The Kier molecular flexibility index (Phi) is 4.19. The third-order valence-electron chi connectivity index (χ3n) is 3.76. The Labute approximate surface area is 130 Å². The molecule has 2 nitrogen and oxygen atoms in total. The number of benzene rings is 3. The molecule has 3 rings (SSSR count). The molecule has 1 N–H and O–H groups in total. The van der Waals surface area contributed by atoms with Crippen molar-refractivity contribution in [2.24, 2.45) is 0 Å². The maximum atomic E-state index is 12.1. The van der Waals surface area contributed by atoms with Crippen molar-refractivity contribution >= 4 is 16.7 Å². The fourth-order valence-electron chi connectivity index (χ4n) is 2.65. The number of fused-ring (bicyclic) bond motifs is 1. The molecule has 0 fully saturated rings. The van der Waals surface area contributed by atoms with E-state index >= 15 is 0 Å². The van der Waals surface area contributed by atoms with Gasteiger partial charge in [0.25, 0.3) is 5.91 Å². The standard InChI is InChI=1S/C20H19NO/c1-2-13-21-20(22)17-10-5-9-16(14-17)19-12-6-8-15-7-3-4-11-18(15)19/h3-12,14H,2,13H2,1H3,(H,21,22). The first-order valence-electron chi connectivity index (χ1n) is 7.66. The van der Waals surface area contributed by atoms with Crippen LogP contribution in [0.5, 0.6) is 0 Å². The summed E-state index contributed by atoms with van der Waals surface area (Å²) in [6, 6.07) is 22.4. The Balaban J connectivity index is 2.03. The first-order chi connectivity index (χ1) is 10.8. The highest BCUT2D eigenvalue weighted by molar-refractivity contribution is 5.99. The van der Waals surface area contributed by atoms with Crippen LogP contribution in [0.25, 0.3) is 21.9 Å². The van der Waals surface area contributed by atoms with E-state index in [0.717, 1.165) is 17.5 Å². The van der Waals surface area contributed by atoms with Crippen LogP contribution in [0.2, 0.25) is 0 Å². The van der Waals surface area contributed by atoms with Gasteiger partial charge in [-0.25, -0.2) is 0 Å². The lowest BCUT2D eigenvalue weighted by Crippen LogP contribution is -2.23. The minimum Gasteiger partial charge on any atom is -0.352 e. The summed E-state index contributed by atoms with van der Waals surface area (Å²) < 4.78 is 0. The van der Waals surface area contributed by atoms with Crippen LogP contribution in [-0.2, 0) is 0 Å². The van der Waals surface area contributed by atoms with Crippen molar-refractivity contribution in [1.82, 2.24) is 5.32 Å². The molecule has 0 heterocycles. The topological polar surface area (TPSA) is 29.1 Å². The molecule has 110 valence electrons. The summed E-state index contributed by atoms with van der Waals surface area (Å²) in [5, 5.41) is 5.34. The van der Waals surface area contributed by atoms with E-state index in [-0.39, 0.29) is 5.91 Å². The third kappa shape index (κ3) is 2.86. The molecular weight excluding hydrogens is 270 g/mol. The molecule has 1 amide bonds. The number of carbonyl (C=O) groups is 1. The molecular formula is C20H19NO. The summed E-state index contributed by atoms with van der Waals surface area (Å²) in [4.78, 5) is 12.1. The van der Waals surface area contributed by atoms with Crippen molar-refractivity contribution in [3.8, 4) is 11.1 Å². The van der Waals surface area contributed by atoms with Crippen molar-refractivity contribution < 1.29 is 4.79 Å². The fraction of sp³-hybridized carbons (Fsp3) is 0.150. The molecule has 0 spiro atoms. The van der Waals surface area contributed by atoms with E-state index < -0.39 is 0 Å². The van der Waals surface area contributed by atoms with Gasteiger partial charge in [-0.05, 0) is 40.5 Å². The zero-order valence-corrected chi connectivity index (χ0v) is 12.7. The molecule has 0 aliphatic rings. The van der Waals surface area contributed by atoms with Gasteiger partial charge in [0, 0.05) is 12.1 Å². The van der Waals surface area contributed by atoms with Crippen LogP contribution < -0.4 is 5.32 Å². The van der Waals surface area contributed by atoms with E-state index in [0.29, 0.717) is 12.1 Å². The van der Waals surface area contributed by atoms with Crippen LogP contribution in [0, 0.1) is 0 Å². The van der Waals surface area contributed by atoms with E-state index in [1.807, 2.05) is 37.3 Å². The monoisotopic (exact) mass is 289 g/mol. The van der Waals surface area contributed by atoms with Gasteiger partial charge >= 0.3 is 0 Å². The third-order valence-corrected chi connectivity index (χ3v) is 3.76. The van der Waals surface area contributed by atoms with Gasteiger partial charge < -0.3 is 5.32 Å². The summed E-state index contributed by atoms with van der Waals surface area (Å²) in [5.41, 5.74) is 2.93. The summed E-state index contributed by atoms with van der Waals surface area (Å²) in [6.07, 6.45) is 0.939. The number of hydrogen-bond acceptors (Lipinski definition) is 1. The van der Waals surface area contributed by atoms with Crippen LogP contribution >= 0.6 is 0 Å². The largest absolute Gasteiger partial charge is 0.352 e. The summed E-state index contributed by atoms with van der Waals surface area (Å²) in [5.74, 6) is -0.0102. The highest BCUT2D eigenvalue weighted by Gasteiger charge is 2.08. The lowest BCUT2D eigenvalue weighted by atomic mass is 9.97. The molecule has 0 aliphatic carbocycles. The number of carbonyl (C=O) groups excluding carboxylic acids is 1. The molecule has 0 unspecified atom stereocenters. The normalized spacial score (nSPS) is 10.6. The highest BCUT2D eigenvalue weighted by atomic mass is 16.1. The first-order valence-corrected chi connectivity index (χ1v) is 7.66. The van der Waals surface area contributed by atoms with Gasteiger partial charge in [-0.15, -0.1) is 0 Å². The van der Waals surface area contributed by atoms with Crippen molar-refractivity contribution in [3.05, 3.63) is 72.3 Å². The van der Waals surface area contributed by atoms with Gasteiger partial charge in [-0.1, -0.05) is 61.5 Å². The average molecular weight is 289 g/mol. The lowest BCUT2D eigenvalue weighted by Gasteiger charge is -2.09. The van der Waals surface area contributed by atoms with Crippen molar-refractivity contribution in [2.75, 3.05) is 6.54 Å². The molecule has 0 atom stereocenters. The highest BCUT2D eigenvalue weighted by Crippen LogP contribution is 2.28. The molecule has 3 aromatic carbocycles. The smallest absolute Gasteiger partial charge is 0.251 e. The molecule has 0 aliphatic heterocycles. The minimum atomic E-state index is -0.0102. The van der Waals surface area contributed by atoms with Crippen LogP contribution in [0.1, 0.15) is 23.7 Å². The molecule has 0 radical (unpaired) electrons. The fourth-order valence-corrected chi connectivity index (χ4v) is 2.65. The van der Waals surface area contributed by atoms with Crippen molar-refractivity contribution in [2.45, 2.75) is 13.3 Å². The maximum absolute atomic E-state index is 12.1. The Hall–Kier alpha value is -2.61. The SMILES string of the molecule is CCCNC(=O)c1cccc(-c2cccc3ccccc23)c1. The lowest BCUT2D eigenvalue weighted by molar-refractivity contribution is 0.0953. The predicted molar refractivity (Wildman–Crippen MR) is 92.0 cm³/mol. The predicted octanol–water partition coefficient (Wildman–Crippen LogP) is 4.65. The van der Waals surface area contributed by atoms with Crippen LogP contribution in [0.15, 0.2) is 66.7 Å². The molecule has 0 bridgehead atoms. The van der Waals surface area contributed by atoms with E-state index in [4.69, 9.17) is 0 Å². The summed E-state index contributed by atoms with van der Waals surface area (Å²) in [6.45, 7) is 2.75. The van der Waals surface area contributed by atoms with E-state index in [1.54, 1.807) is 0 Å². The van der Waals surface area contributed by atoms with E-state index in [1.165, 1.54) is 10.8 Å². The number of nitrogens with one attached hydrogen (secondary N) is 1. The molecule has 3 aromatic rings. The average Bonchev–Trinajstić information content (AvgIpc) is 2.59. The van der Waals surface area contributed by atoms with Crippen LogP contribution in [0.3, 0.4) is 0 Å². The van der Waals surface area contributed by atoms with E-state index in [2.05, 4.69) is 41.7 Å². The van der Waals surface area contributed by atoms with Gasteiger partial charge in [-0.3, -0.25) is 4.79 Å². The number of hydrogen-bond donors (Lipinski definition) is 1. The minimum absolute atomic E-state index is 0.0102. The molecule has 2 heteroatoms. The van der Waals surface area contributed by atoms with Crippen LogP contribution in [-0.4, -0.2) is 12.5 Å². The quantitative estimate of drug-likeness (QED) is 0.744. The Morgan fingerprint density at radius 3 is 2.59 bits per heavy atom. The van der Waals surface area contributed by atoms with Crippen molar-refractivity contribution in [1.29, 1.82) is 0 Å². The number of rotatable bonds is 4. The van der Waals surface area contributed by atoms with Gasteiger partial charge in [-0.2, -0.15) is 0 Å². The van der Waals surface area contributed by atoms with E-state index in [9.17, 15) is 4.79 Å².